The van der Waals surface area contributed by atoms with Crippen molar-refractivity contribution < 1.29 is 9.53 Å². The Kier molecular flexibility index (Phi) is 4.32. The van der Waals surface area contributed by atoms with Gasteiger partial charge < -0.3 is 14.3 Å². The first kappa shape index (κ1) is 15.5. The van der Waals surface area contributed by atoms with Crippen LogP contribution in [0.1, 0.15) is 38.1 Å². The molecule has 0 aliphatic heterocycles. The van der Waals surface area contributed by atoms with Crippen molar-refractivity contribution in [2.75, 3.05) is 7.11 Å². The molecule has 4 nitrogen and oxygen atoms in total. The first-order chi connectivity index (χ1) is 9.86. The summed E-state index contributed by atoms with van der Waals surface area (Å²) < 4.78 is 7.35. The van der Waals surface area contributed by atoms with Gasteiger partial charge >= 0.3 is 5.97 Å². The highest BCUT2D eigenvalue weighted by Gasteiger charge is 2.30. The zero-order chi connectivity index (χ0) is 15.6. The van der Waals surface area contributed by atoms with E-state index in [-0.39, 0.29) is 11.4 Å². The van der Waals surface area contributed by atoms with Crippen LogP contribution in [-0.4, -0.2) is 22.6 Å². The largest absolute Gasteiger partial charge is 0.467 e. The molecule has 1 atom stereocenters. The third-order valence-corrected chi connectivity index (χ3v) is 3.69. The molecule has 2 aromatic rings. The molecule has 2 rings (SSSR count). The Bertz CT molecular complexity index is 680. The van der Waals surface area contributed by atoms with E-state index in [1.807, 2.05) is 41.1 Å². The van der Waals surface area contributed by atoms with E-state index in [9.17, 15) is 4.79 Å². The van der Waals surface area contributed by atoms with Crippen LogP contribution in [0, 0.1) is 4.77 Å². The number of imidazole rings is 1. The van der Waals surface area contributed by atoms with Gasteiger partial charge in [0.2, 0.25) is 0 Å². The molecule has 0 radical (unpaired) electrons. The Balaban J connectivity index is 2.67. The molecule has 0 bridgehead atoms. The van der Waals surface area contributed by atoms with Crippen LogP contribution < -0.4 is 0 Å². The van der Waals surface area contributed by atoms with Gasteiger partial charge in [0.05, 0.1) is 7.11 Å². The molecule has 5 heteroatoms. The number of hydrogen-bond acceptors (Lipinski definition) is 3. The van der Waals surface area contributed by atoms with Crippen LogP contribution in [0.2, 0.25) is 0 Å². The van der Waals surface area contributed by atoms with Gasteiger partial charge in [-0.1, -0.05) is 51.1 Å². The number of aromatic nitrogens is 2. The molecule has 1 unspecified atom stereocenters. The number of nitrogens with one attached hydrogen (secondary N) is 1. The lowest BCUT2D eigenvalue weighted by molar-refractivity contribution is -0.143. The summed E-state index contributed by atoms with van der Waals surface area (Å²) in [6, 6.07) is 8.95. The minimum absolute atomic E-state index is 0.144. The van der Waals surface area contributed by atoms with E-state index < -0.39 is 6.04 Å². The van der Waals surface area contributed by atoms with Crippen molar-refractivity contribution in [3.8, 4) is 0 Å². The van der Waals surface area contributed by atoms with Crippen LogP contribution >= 0.6 is 12.2 Å². The SMILES string of the molecule is COC(=O)C(c1ccccc1)n1c(C(C)(C)C)c[nH]c1=S. The second kappa shape index (κ2) is 5.85. The van der Waals surface area contributed by atoms with Gasteiger partial charge in [0.15, 0.2) is 10.8 Å². The van der Waals surface area contributed by atoms with Crippen LogP contribution in [0.25, 0.3) is 0 Å². The Labute approximate surface area is 129 Å². The molecular weight excluding hydrogens is 284 g/mol. The van der Waals surface area contributed by atoms with Crippen molar-refractivity contribution in [2.45, 2.75) is 32.2 Å². The van der Waals surface area contributed by atoms with Gasteiger partial charge in [-0.05, 0) is 17.8 Å². The molecule has 0 amide bonds. The molecule has 21 heavy (non-hydrogen) atoms. The quantitative estimate of drug-likeness (QED) is 0.696. The predicted molar refractivity (Wildman–Crippen MR) is 84.9 cm³/mol. The first-order valence-electron chi connectivity index (χ1n) is 6.79. The Morgan fingerprint density at radius 2 is 1.90 bits per heavy atom. The molecule has 1 aromatic heterocycles. The second-order valence-electron chi connectivity index (χ2n) is 5.94. The average molecular weight is 304 g/mol. The Hall–Kier alpha value is -1.88. The summed E-state index contributed by atoms with van der Waals surface area (Å²) in [6.45, 7) is 6.25. The third kappa shape index (κ3) is 3.08. The van der Waals surface area contributed by atoms with Gasteiger partial charge in [-0.3, -0.25) is 0 Å². The molecule has 0 saturated heterocycles. The number of carbonyl (C=O) groups is 1. The maximum atomic E-state index is 12.3. The fourth-order valence-corrected chi connectivity index (χ4v) is 2.61. The standard InChI is InChI=1S/C16H20N2O2S/c1-16(2,3)12-10-17-15(21)18(12)13(14(19)20-4)11-8-6-5-7-9-11/h5-10,13H,1-4H3,(H,17,21). The number of esters is 1. The summed E-state index contributed by atoms with van der Waals surface area (Å²) in [7, 11) is 1.39. The van der Waals surface area contributed by atoms with E-state index in [0.717, 1.165) is 11.3 Å². The highest BCUT2D eigenvalue weighted by molar-refractivity contribution is 7.71. The van der Waals surface area contributed by atoms with E-state index in [2.05, 4.69) is 25.8 Å². The smallest absolute Gasteiger partial charge is 0.333 e. The van der Waals surface area contributed by atoms with E-state index in [4.69, 9.17) is 17.0 Å². The molecular formula is C16H20N2O2S. The van der Waals surface area contributed by atoms with Crippen molar-refractivity contribution in [3.63, 3.8) is 0 Å². The molecule has 1 N–H and O–H groups in total. The Morgan fingerprint density at radius 1 is 1.29 bits per heavy atom. The van der Waals surface area contributed by atoms with Gasteiger partial charge in [0.25, 0.3) is 0 Å². The highest BCUT2D eigenvalue weighted by Crippen LogP contribution is 2.29. The number of aromatic amines is 1. The highest BCUT2D eigenvalue weighted by atomic mass is 32.1. The molecule has 0 fully saturated rings. The maximum Gasteiger partial charge on any atom is 0.333 e. The van der Waals surface area contributed by atoms with E-state index >= 15 is 0 Å². The number of ether oxygens (including phenoxy) is 1. The number of rotatable bonds is 3. The summed E-state index contributed by atoms with van der Waals surface area (Å²) in [5.41, 5.74) is 1.67. The van der Waals surface area contributed by atoms with Crippen LogP contribution in [0.4, 0.5) is 0 Å². The number of H-pyrrole nitrogens is 1. The third-order valence-electron chi connectivity index (χ3n) is 3.38. The van der Waals surface area contributed by atoms with Crippen LogP contribution in [0.3, 0.4) is 0 Å². The van der Waals surface area contributed by atoms with E-state index in [1.165, 1.54) is 7.11 Å². The molecule has 0 spiro atoms. The van der Waals surface area contributed by atoms with E-state index in [1.54, 1.807) is 0 Å². The van der Waals surface area contributed by atoms with Gasteiger partial charge in [-0.15, -0.1) is 0 Å². The number of methoxy groups -OCH3 is 1. The van der Waals surface area contributed by atoms with Crippen molar-refractivity contribution in [1.29, 1.82) is 0 Å². The fourth-order valence-electron chi connectivity index (χ4n) is 2.35. The molecule has 0 aliphatic rings. The summed E-state index contributed by atoms with van der Waals surface area (Å²) in [5.74, 6) is -0.331. The molecule has 1 aromatic carbocycles. The van der Waals surface area contributed by atoms with Crippen LogP contribution in [-0.2, 0) is 14.9 Å². The minimum atomic E-state index is -0.579. The number of carbonyl (C=O) groups excluding carboxylic acids is 1. The van der Waals surface area contributed by atoms with Crippen molar-refractivity contribution in [2.24, 2.45) is 0 Å². The second-order valence-corrected chi connectivity index (χ2v) is 6.32. The zero-order valence-corrected chi connectivity index (χ0v) is 13.5. The Morgan fingerprint density at radius 3 is 2.43 bits per heavy atom. The fraction of sp³-hybridized carbons (Fsp3) is 0.375. The predicted octanol–water partition coefficient (Wildman–Crippen LogP) is 3.61. The maximum absolute atomic E-state index is 12.3. The van der Waals surface area contributed by atoms with Gasteiger partial charge in [-0.2, -0.15) is 0 Å². The molecule has 0 aliphatic carbocycles. The zero-order valence-electron chi connectivity index (χ0n) is 12.7. The van der Waals surface area contributed by atoms with Gasteiger partial charge in [0, 0.05) is 17.3 Å². The average Bonchev–Trinajstić information content (AvgIpc) is 2.82. The minimum Gasteiger partial charge on any atom is -0.467 e. The normalized spacial score (nSPS) is 13.0. The van der Waals surface area contributed by atoms with Crippen LogP contribution in [0.5, 0.6) is 0 Å². The van der Waals surface area contributed by atoms with Crippen molar-refractivity contribution in [1.82, 2.24) is 9.55 Å². The monoisotopic (exact) mass is 304 g/mol. The molecule has 0 saturated carbocycles. The molecule has 1 heterocycles. The topological polar surface area (TPSA) is 47.0 Å². The number of nitrogens with zero attached hydrogens (tertiary/aromatic N) is 1. The summed E-state index contributed by atoms with van der Waals surface area (Å²) >= 11 is 5.38. The van der Waals surface area contributed by atoms with Crippen LogP contribution in [0.15, 0.2) is 36.5 Å². The summed E-state index contributed by atoms with van der Waals surface area (Å²) in [6.07, 6.45) is 1.86. The van der Waals surface area contributed by atoms with Crippen molar-refractivity contribution in [3.05, 3.63) is 52.6 Å². The lowest BCUT2D eigenvalue weighted by Crippen LogP contribution is -2.27. The lowest BCUT2D eigenvalue weighted by Gasteiger charge is -2.25. The lowest BCUT2D eigenvalue weighted by atomic mass is 9.91. The number of hydrogen-bond donors (Lipinski definition) is 1. The number of benzene rings is 1. The van der Waals surface area contributed by atoms with Gasteiger partial charge in [-0.25, -0.2) is 4.79 Å². The van der Waals surface area contributed by atoms with E-state index in [0.29, 0.717) is 4.77 Å². The van der Waals surface area contributed by atoms with Crippen molar-refractivity contribution >= 4 is 18.2 Å². The summed E-state index contributed by atoms with van der Waals surface area (Å²) in [4.78, 5) is 15.4. The first-order valence-corrected chi connectivity index (χ1v) is 7.20. The summed E-state index contributed by atoms with van der Waals surface area (Å²) in [5, 5.41) is 0. The molecule has 112 valence electrons. The van der Waals surface area contributed by atoms with Gasteiger partial charge in [0.1, 0.15) is 0 Å².